The molecule has 4 atom stereocenters. The number of ether oxygens (including phenoxy) is 2. The maximum atomic E-state index is 12.6. The average molecular weight is 476 g/mol. The van der Waals surface area contributed by atoms with Crippen LogP contribution in [0.3, 0.4) is 0 Å². The van der Waals surface area contributed by atoms with E-state index in [0.717, 1.165) is 5.56 Å². The minimum atomic E-state index is -4.32. The third kappa shape index (κ3) is 5.55. The summed E-state index contributed by atoms with van der Waals surface area (Å²) in [5.74, 6) is -0.387. The Hall–Kier alpha value is -2.89. The molecule has 0 bridgehead atoms. The predicted octanol–water partition coefficient (Wildman–Crippen LogP) is 1.58. The van der Waals surface area contributed by atoms with Gasteiger partial charge in [-0.3, -0.25) is 13.9 Å². The smallest absolute Gasteiger partial charge is 0.403 e. The van der Waals surface area contributed by atoms with Crippen LogP contribution in [0, 0.1) is 0 Å². The zero-order chi connectivity index (χ0) is 23.4. The number of imidazole rings is 1. The van der Waals surface area contributed by atoms with Crippen molar-refractivity contribution in [1.82, 2.24) is 24.6 Å². The maximum Gasteiger partial charge on any atom is 0.403 e. The highest BCUT2D eigenvalue weighted by atomic mass is 31.2. The number of carbonyl (C=O) groups is 1. The number of hydrogen-bond acceptors (Lipinski definition) is 9. The van der Waals surface area contributed by atoms with Crippen LogP contribution in [0.5, 0.6) is 0 Å². The Balaban J connectivity index is 1.35. The summed E-state index contributed by atoms with van der Waals surface area (Å²) in [6, 6.07) is 8.05. The van der Waals surface area contributed by atoms with Crippen LogP contribution in [0.4, 0.5) is 5.82 Å². The van der Waals surface area contributed by atoms with Crippen molar-refractivity contribution in [2.45, 2.75) is 37.6 Å². The van der Waals surface area contributed by atoms with E-state index in [1.807, 2.05) is 30.3 Å². The van der Waals surface area contributed by atoms with Gasteiger partial charge < -0.3 is 20.1 Å². The molecule has 2 aromatic heterocycles. The van der Waals surface area contributed by atoms with Crippen LogP contribution in [0.1, 0.15) is 24.6 Å². The molecule has 1 aliphatic heterocycles. The summed E-state index contributed by atoms with van der Waals surface area (Å²) in [7, 11) is -3.10. The van der Waals surface area contributed by atoms with Crippen LogP contribution < -0.4 is 10.8 Å². The summed E-state index contributed by atoms with van der Waals surface area (Å²) in [5.41, 5.74) is 7.66. The van der Waals surface area contributed by atoms with E-state index in [-0.39, 0.29) is 25.1 Å². The summed E-state index contributed by atoms with van der Waals surface area (Å²) in [4.78, 5) is 34.8. The van der Waals surface area contributed by atoms with Crippen molar-refractivity contribution in [3.63, 3.8) is 0 Å². The van der Waals surface area contributed by atoms with Crippen molar-refractivity contribution in [1.29, 1.82) is 0 Å². The second kappa shape index (κ2) is 9.94. The lowest BCUT2D eigenvalue weighted by atomic mass is 10.1. The monoisotopic (exact) mass is 476 g/mol. The molecule has 0 saturated carbocycles. The number of hydrogen-bond donors (Lipinski definition) is 3. The molecule has 1 saturated heterocycles. The number of esters is 1. The van der Waals surface area contributed by atoms with Crippen LogP contribution in [0.25, 0.3) is 11.2 Å². The number of methoxy groups -OCH3 is 1. The summed E-state index contributed by atoms with van der Waals surface area (Å²) in [6.07, 6.45) is 3.52. The second-order valence-electron chi connectivity index (χ2n) is 7.58. The van der Waals surface area contributed by atoms with Gasteiger partial charge in [-0.2, -0.15) is 0 Å². The van der Waals surface area contributed by atoms with Gasteiger partial charge in [-0.1, -0.05) is 30.3 Å². The van der Waals surface area contributed by atoms with Gasteiger partial charge in [0.2, 0.25) is 0 Å². The number of anilines is 1. The van der Waals surface area contributed by atoms with Crippen LogP contribution in [0.2, 0.25) is 0 Å². The highest BCUT2D eigenvalue weighted by Gasteiger charge is 2.33. The first-order valence-electron chi connectivity index (χ1n) is 10.3. The van der Waals surface area contributed by atoms with E-state index in [1.165, 1.54) is 13.4 Å². The number of nitrogens with two attached hydrogens (primary N) is 1. The molecule has 0 spiro atoms. The van der Waals surface area contributed by atoms with E-state index in [2.05, 4.69) is 20.0 Å². The lowest BCUT2D eigenvalue weighted by Gasteiger charge is -2.22. The van der Waals surface area contributed by atoms with Gasteiger partial charge in [0.15, 0.2) is 11.5 Å². The van der Waals surface area contributed by atoms with Crippen LogP contribution >= 0.6 is 7.75 Å². The molecule has 1 unspecified atom stereocenters. The van der Waals surface area contributed by atoms with Crippen LogP contribution in [-0.2, 0) is 29.8 Å². The molecular formula is C20H25N6O6P. The van der Waals surface area contributed by atoms with Gasteiger partial charge in [-0.15, -0.1) is 0 Å². The Morgan fingerprint density at radius 3 is 2.88 bits per heavy atom. The molecule has 1 fully saturated rings. The summed E-state index contributed by atoms with van der Waals surface area (Å²) < 4.78 is 30.3. The Morgan fingerprint density at radius 2 is 2.12 bits per heavy atom. The van der Waals surface area contributed by atoms with Crippen molar-refractivity contribution >= 4 is 30.7 Å². The lowest BCUT2D eigenvalue weighted by molar-refractivity contribution is -0.142. The first-order valence-corrected chi connectivity index (χ1v) is 11.9. The van der Waals surface area contributed by atoms with E-state index < -0.39 is 25.9 Å². The largest absolute Gasteiger partial charge is 0.468 e. The van der Waals surface area contributed by atoms with Crippen molar-refractivity contribution in [2.24, 2.45) is 0 Å². The molecule has 3 aromatic rings. The molecule has 176 valence electrons. The lowest BCUT2D eigenvalue weighted by Crippen LogP contribution is -2.38. The summed E-state index contributed by atoms with van der Waals surface area (Å²) >= 11 is 0. The molecule has 0 amide bonds. The molecular weight excluding hydrogens is 451 g/mol. The van der Waals surface area contributed by atoms with Crippen molar-refractivity contribution in [3.05, 3.63) is 48.5 Å². The highest BCUT2D eigenvalue weighted by molar-refractivity contribution is 7.50. The number of fused-ring (bicyclic) bond motifs is 1. The normalized spacial score (nSPS) is 21.0. The van der Waals surface area contributed by atoms with E-state index in [4.69, 9.17) is 19.7 Å². The number of benzene rings is 1. The minimum absolute atomic E-state index is 0.139. The number of nitrogens with zero attached hydrogens (tertiary/aromatic N) is 4. The quantitative estimate of drug-likeness (QED) is 0.303. The number of aromatic nitrogens is 4. The van der Waals surface area contributed by atoms with Crippen LogP contribution in [0.15, 0.2) is 43.0 Å². The molecule has 1 aromatic carbocycles. The predicted molar refractivity (Wildman–Crippen MR) is 118 cm³/mol. The third-order valence-corrected chi connectivity index (χ3v) is 6.44. The average Bonchev–Trinajstić information content (AvgIpc) is 3.45. The van der Waals surface area contributed by atoms with Gasteiger partial charge in [-0.25, -0.2) is 24.6 Å². The van der Waals surface area contributed by atoms with Crippen LogP contribution in [-0.4, -0.2) is 56.2 Å². The van der Waals surface area contributed by atoms with Gasteiger partial charge >= 0.3 is 13.7 Å². The van der Waals surface area contributed by atoms with E-state index in [1.54, 1.807) is 10.9 Å². The van der Waals surface area contributed by atoms with E-state index >= 15 is 0 Å². The number of nitrogens with one attached hydrogen (secondary N) is 1. The van der Waals surface area contributed by atoms with Crippen molar-refractivity contribution in [2.75, 3.05) is 19.5 Å². The standard InChI is InChI=1S/C20H25N6O6P/c1-30-20(27)15(9-13-5-3-2-4-6-13)25-33(28,29)31-10-14-7-8-16(32-14)26-12-24-17-18(21)22-11-23-19(17)26/h2-6,11-12,14-16H,7-10H2,1H3,(H2,21,22,23)(H2,25,28,29)/t14-,15-,16+/m0/s1. The number of carbonyl (C=O) groups excluding carboxylic acids is 1. The molecule has 12 nitrogen and oxygen atoms in total. The van der Waals surface area contributed by atoms with E-state index in [9.17, 15) is 14.3 Å². The van der Waals surface area contributed by atoms with Gasteiger partial charge in [0.05, 0.1) is 26.1 Å². The molecule has 0 aliphatic carbocycles. The molecule has 1 aliphatic rings. The fraction of sp³-hybridized carbons (Fsp3) is 0.400. The van der Waals surface area contributed by atoms with Gasteiger partial charge in [0, 0.05) is 0 Å². The molecule has 13 heteroatoms. The van der Waals surface area contributed by atoms with Crippen molar-refractivity contribution in [3.8, 4) is 0 Å². The number of rotatable bonds is 9. The molecule has 0 radical (unpaired) electrons. The second-order valence-corrected chi connectivity index (χ2v) is 9.14. The topological polar surface area (TPSA) is 164 Å². The zero-order valence-electron chi connectivity index (χ0n) is 17.9. The molecule has 3 heterocycles. The van der Waals surface area contributed by atoms with Gasteiger partial charge in [0.25, 0.3) is 0 Å². The Bertz CT molecular complexity index is 1160. The van der Waals surface area contributed by atoms with Gasteiger partial charge in [-0.05, 0) is 24.8 Å². The Morgan fingerprint density at radius 1 is 1.33 bits per heavy atom. The fourth-order valence-corrected chi connectivity index (χ4v) is 4.72. The Kier molecular flexibility index (Phi) is 7.01. The maximum absolute atomic E-state index is 12.6. The summed E-state index contributed by atoms with van der Waals surface area (Å²) in [6.45, 7) is -0.139. The zero-order valence-corrected chi connectivity index (χ0v) is 18.8. The molecule has 4 rings (SSSR count). The SMILES string of the molecule is COC(=O)[C@H](Cc1ccccc1)NP(=O)(O)OC[C@@H]1CC[C@H](n2cnc3c(N)ncnc32)O1. The summed E-state index contributed by atoms with van der Waals surface area (Å²) in [5, 5.41) is 2.40. The van der Waals surface area contributed by atoms with Crippen molar-refractivity contribution < 1.29 is 28.3 Å². The van der Waals surface area contributed by atoms with Gasteiger partial charge in [0.1, 0.15) is 24.1 Å². The number of nitrogen functional groups attached to an aromatic ring is 1. The molecule has 33 heavy (non-hydrogen) atoms. The molecule has 4 N–H and O–H groups in total. The third-order valence-electron chi connectivity index (χ3n) is 5.31. The first kappa shape index (κ1) is 23.3. The fourth-order valence-electron chi connectivity index (χ4n) is 3.69. The van der Waals surface area contributed by atoms with E-state index in [0.29, 0.717) is 24.0 Å². The first-order chi connectivity index (χ1) is 15.9. The minimum Gasteiger partial charge on any atom is -0.468 e. The highest BCUT2D eigenvalue weighted by Crippen LogP contribution is 2.40. The Labute approximate surface area is 189 Å².